The number of amides is 2. The molecule has 138 valence electrons. The van der Waals surface area contributed by atoms with Crippen LogP contribution in [0.15, 0.2) is 36.5 Å². The summed E-state index contributed by atoms with van der Waals surface area (Å²) in [6.07, 6.45) is 3.99. The molecule has 2 amide bonds. The van der Waals surface area contributed by atoms with Crippen LogP contribution in [0.25, 0.3) is 0 Å². The van der Waals surface area contributed by atoms with Crippen molar-refractivity contribution in [2.24, 2.45) is 0 Å². The van der Waals surface area contributed by atoms with Crippen molar-refractivity contribution in [3.63, 3.8) is 0 Å². The normalized spacial score (nSPS) is 16.8. The van der Waals surface area contributed by atoms with Gasteiger partial charge in [-0.25, -0.2) is 0 Å². The average Bonchev–Trinajstić information content (AvgIpc) is 3.16. The maximum atomic E-state index is 12.1. The van der Waals surface area contributed by atoms with E-state index in [9.17, 15) is 14.7 Å². The van der Waals surface area contributed by atoms with E-state index < -0.39 is 0 Å². The summed E-state index contributed by atoms with van der Waals surface area (Å²) in [4.78, 5) is 24.1. The zero-order valence-electron chi connectivity index (χ0n) is 14.4. The molecule has 1 unspecified atom stereocenters. The molecule has 2 aromatic rings. The number of piperidine rings is 1. The lowest BCUT2D eigenvalue weighted by atomic mass is 10.1. The Hall–Kier alpha value is -2.87. The van der Waals surface area contributed by atoms with Crippen LogP contribution < -0.4 is 16.0 Å². The van der Waals surface area contributed by atoms with Crippen LogP contribution in [-0.4, -0.2) is 52.9 Å². The van der Waals surface area contributed by atoms with Gasteiger partial charge in [0, 0.05) is 31.4 Å². The van der Waals surface area contributed by atoms with E-state index >= 15 is 0 Å². The van der Waals surface area contributed by atoms with Crippen LogP contribution in [0.3, 0.4) is 0 Å². The average molecular weight is 357 g/mol. The number of carbonyl (C=O) groups excluding carboxylic acids is 2. The molecule has 0 spiro atoms. The van der Waals surface area contributed by atoms with Crippen molar-refractivity contribution in [1.29, 1.82) is 0 Å². The van der Waals surface area contributed by atoms with Crippen molar-refractivity contribution in [1.82, 2.24) is 25.7 Å². The van der Waals surface area contributed by atoms with Crippen molar-refractivity contribution in [2.45, 2.75) is 18.9 Å². The minimum Gasteiger partial charge on any atom is -0.508 e. The molecule has 1 aromatic heterocycles. The molecule has 1 aliphatic rings. The third-order valence-electron chi connectivity index (χ3n) is 4.31. The maximum Gasteiger partial charge on any atom is 0.271 e. The fourth-order valence-corrected chi connectivity index (χ4v) is 2.88. The predicted molar refractivity (Wildman–Crippen MR) is 96.1 cm³/mol. The second-order valence-electron chi connectivity index (χ2n) is 6.24. The third kappa shape index (κ3) is 4.60. The lowest BCUT2D eigenvalue weighted by Gasteiger charge is -2.22. The first-order valence-corrected chi connectivity index (χ1v) is 8.75. The number of aromatic nitrogens is 2. The quantitative estimate of drug-likeness (QED) is 0.569. The van der Waals surface area contributed by atoms with Gasteiger partial charge in [0.05, 0.1) is 6.04 Å². The Kier molecular flexibility index (Phi) is 5.85. The van der Waals surface area contributed by atoms with Gasteiger partial charge in [-0.15, -0.1) is 0 Å². The Balaban J connectivity index is 1.42. The second kappa shape index (κ2) is 8.48. The molecular weight excluding hydrogens is 334 g/mol. The van der Waals surface area contributed by atoms with Crippen molar-refractivity contribution >= 4 is 11.8 Å². The van der Waals surface area contributed by atoms with Gasteiger partial charge in [-0.2, -0.15) is 5.10 Å². The molecule has 1 atom stereocenters. The summed E-state index contributed by atoms with van der Waals surface area (Å²) in [5.41, 5.74) is 0.828. The van der Waals surface area contributed by atoms with Gasteiger partial charge in [0.25, 0.3) is 11.8 Å². The number of phenolic OH excluding ortho intramolecular Hbond substituents is 1. The monoisotopic (exact) mass is 357 g/mol. The van der Waals surface area contributed by atoms with Gasteiger partial charge < -0.3 is 21.1 Å². The summed E-state index contributed by atoms with van der Waals surface area (Å²) in [6.45, 7) is 2.51. The van der Waals surface area contributed by atoms with E-state index in [4.69, 9.17) is 0 Å². The summed E-state index contributed by atoms with van der Waals surface area (Å²) >= 11 is 0. The minimum absolute atomic E-state index is 0.109. The van der Waals surface area contributed by atoms with Crippen molar-refractivity contribution in [2.75, 3.05) is 26.2 Å². The van der Waals surface area contributed by atoms with E-state index in [0.717, 1.165) is 25.9 Å². The third-order valence-corrected chi connectivity index (χ3v) is 4.31. The highest BCUT2D eigenvalue weighted by atomic mass is 16.3. The van der Waals surface area contributed by atoms with Gasteiger partial charge in [0.1, 0.15) is 11.4 Å². The number of rotatable bonds is 6. The highest BCUT2D eigenvalue weighted by Crippen LogP contribution is 2.15. The fraction of sp³-hybridized carbons (Fsp3) is 0.389. The first-order valence-electron chi connectivity index (χ1n) is 8.75. The molecule has 1 fully saturated rings. The SMILES string of the molecule is O=C(NCCNC(=O)c1ccn(C2CCCNC2)n1)c1ccc(O)cc1. The van der Waals surface area contributed by atoms with Gasteiger partial charge in [-0.1, -0.05) is 0 Å². The number of aromatic hydroxyl groups is 1. The summed E-state index contributed by atoms with van der Waals surface area (Å²) in [6, 6.07) is 7.98. The summed E-state index contributed by atoms with van der Waals surface area (Å²) < 4.78 is 1.84. The van der Waals surface area contributed by atoms with Crippen LogP contribution in [0.5, 0.6) is 5.75 Å². The molecule has 0 aliphatic carbocycles. The van der Waals surface area contributed by atoms with E-state index in [1.165, 1.54) is 24.3 Å². The molecule has 8 nitrogen and oxygen atoms in total. The summed E-state index contributed by atoms with van der Waals surface area (Å²) in [7, 11) is 0. The maximum absolute atomic E-state index is 12.1. The van der Waals surface area contributed by atoms with E-state index in [2.05, 4.69) is 21.0 Å². The number of hydrogen-bond acceptors (Lipinski definition) is 5. The van der Waals surface area contributed by atoms with Gasteiger partial charge in [-0.05, 0) is 49.7 Å². The molecular formula is C18H23N5O3. The van der Waals surface area contributed by atoms with Gasteiger partial charge in [0.2, 0.25) is 0 Å². The number of carbonyl (C=O) groups is 2. The molecule has 1 aliphatic heterocycles. The highest BCUT2D eigenvalue weighted by Gasteiger charge is 2.17. The van der Waals surface area contributed by atoms with Crippen LogP contribution in [0.4, 0.5) is 0 Å². The first-order chi connectivity index (χ1) is 12.6. The van der Waals surface area contributed by atoms with E-state index in [-0.39, 0.29) is 23.6 Å². The lowest BCUT2D eigenvalue weighted by Crippen LogP contribution is -2.35. The van der Waals surface area contributed by atoms with Crippen LogP contribution >= 0.6 is 0 Å². The molecule has 4 N–H and O–H groups in total. The molecule has 2 heterocycles. The van der Waals surface area contributed by atoms with Crippen LogP contribution in [0.2, 0.25) is 0 Å². The van der Waals surface area contributed by atoms with Gasteiger partial charge in [-0.3, -0.25) is 14.3 Å². The Bertz CT molecular complexity index is 750. The second-order valence-corrected chi connectivity index (χ2v) is 6.24. The molecule has 1 aromatic carbocycles. The van der Waals surface area contributed by atoms with Crippen LogP contribution in [0.1, 0.15) is 39.7 Å². The zero-order chi connectivity index (χ0) is 18.4. The summed E-state index contributed by atoms with van der Waals surface area (Å²) in [5.74, 6) is -0.406. The van der Waals surface area contributed by atoms with Gasteiger partial charge >= 0.3 is 0 Å². The fourth-order valence-electron chi connectivity index (χ4n) is 2.88. The molecule has 3 rings (SSSR count). The molecule has 0 bridgehead atoms. The first kappa shape index (κ1) is 17.9. The smallest absolute Gasteiger partial charge is 0.271 e. The predicted octanol–water partition coefficient (Wildman–Crippen LogP) is 0.673. The number of hydrogen-bond donors (Lipinski definition) is 4. The number of nitrogens with one attached hydrogen (secondary N) is 3. The van der Waals surface area contributed by atoms with Crippen LogP contribution in [-0.2, 0) is 0 Å². The Morgan fingerprint density at radius 1 is 1.15 bits per heavy atom. The largest absolute Gasteiger partial charge is 0.508 e. The molecule has 26 heavy (non-hydrogen) atoms. The van der Waals surface area contributed by atoms with Gasteiger partial charge in [0.15, 0.2) is 0 Å². The molecule has 1 saturated heterocycles. The summed E-state index contributed by atoms with van der Waals surface area (Å²) in [5, 5.41) is 22.4. The van der Waals surface area contributed by atoms with Crippen molar-refractivity contribution in [3.8, 4) is 5.75 Å². The standard InChI is InChI=1S/C18H23N5O3/c24-15-5-3-13(4-6-15)17(25)20-9-10-21-18(26)16-7-11-23(22-16)14-2-1-8-19-12-14/h3-7,11,14,19,24H,1-2,8-10,12H2,(H,20,25)(H,21,26). The lowest BCUT2D eigenvalue weighted by molar-refractivity contribution is 0.0924. The Labute approximate surface area is 151 Å². The highest BCUT2D eigenvalue weighted by molar-refractivity contribution is 5.94. The Morgan fingerprint density at radius 3 is 2.58 bits per heavy atom. The van der Waals surface area contributed by atoms with Crippen LogP contribution in [0, 0.1) is 0 Å². The van der Waals surface area contributed by atoms with E-state index in [0.29, 0.717) is 24.3 Å². The number of phenols is 1. The molecule has 0 radical (unpaired) electrons. The number of benzene rings is 1. The van der Waals surface area contributed by atoms with E-state index in [1.807, 2.05) is 10.9 Å². The Morgan fingerprint density at radius 2 is 1.88 bits per heavy atom. The van der Waals surface area contributed by atoms with Crippen molar-refractivity contribution < 1.29 is 14.7 Å². The van der Waals surface area contributed by atoms with E-state index in [1.54, 1.807) is 6.07 Å². The molecule has 0 saturated carbocycles. The topological polar surface area (TPSA) is 108 Å². The minimum atomic E-state index is -0.258. The number of nitrogens with zero attached hydrogens (tertiary/aromatic N) is 2. The zero-order valence-corrected chi connectivity index (χ0v) is 14.4. The molecule has 8 heteroatoms. The van der Waals surface area contributed by atoms with Crippen molar-refractivity contribution in [3.05, 3.63) is 47.8 Å².